The lowest BCUT2D eigenvalue weighted by Gasteiger charge is -2.29. The van der Waals surface area contributed by atoms with Crippen LogP contribution in [-0.4, -0.2) is 37.1 Å². The van der Waals surface area contributed by atoms with Gasteiger partial charge in [-0.2, -0.15) is 11.8 Å². The number of nitrogens with one attached hydrogen (secondary N) is 1. The molecule has 0 radical (unpaired) electrons. The zero-order chi connectivity index (χ0) is 20.9. The van der Waals surface area contributed by atoms with Gasteiger partial charge in [0, 0.05) is 41.0 Å². The van der Waals surface area contributed by atoms with Crippen molar-refractivity contribution in [3.05, 3.63) is 76.7 Å². The summed E-state index contributed by atoms with van der Waals surface area (Å²) < 4.78 is 11.1. The number of ketones is 1. The molecule has 2 aromatic carbocycles. The Morgan fingerprint density at radius 3 is 2.77 bits per heavy atom. The molecule has 1 N–H and O–H groups in total. The van der Waals surface area contributed by atoms with Gasteiger partial charge in [-0.1, -0.05) is 11.6 Å². The molecule has 5 nitrogen and oxygen atoms in total. The number of carbonyl (C=O) groups excluding carboxylic acids is 1. The zero-order valence-corrected chi connectivity index (χ0v) is 18.3. The van der Waals surface area contributed by atoms with Crippen LogP contribution in [0.15, 0.2) is 59.2 Å². The minimum absolute atomic E-state index is 0.223. The van der Waals surface area contributed by atoms with E-state index >= 15 is 0 Å². The highest BCUT2D eigenvalue weighted by Gasteiger charge is 2.18. The molecule has 3 aromatic rings. The zero-order valence-electron chi connectivity index (χ0n) is 16.7. The number of carbonyl (C=O) groups is 1. The van der Waals surface area contributed by atoms with Gasteiger partial charge in [0.15, 0.2) is 12.5 Å². The maximum absolute atomic E-state index is 12.7. The molecule has 0 spiro atoms. The molecule has 1 aliphatic rings. The lowest BCUT2D eigenvalue weighted by Crippen LogP contribution is -2.32. The average molecular weight is 443 g/mol. The lowest BCUT2D eigenvalue weighted by atomic mass is 10.1. The van der Waals surface area contributed by atoms with Gasteiger partial charge in [-0.05, 0) is 61.0 Å². The fourth-order valence-corrected chi connectivity index (χ4v) is 4.48. The van der Waals surface area contributed by atoms with E-state index in [1.54, 1.807) is 30.3 Å². The topological polar surface area (TPSA) is 54.7 Å². The van der Waals surface area contributed by atoms with Gasteiger partial charge in [-0.3, -0.25) is 4.79 Å². The maximum atomic E-state index is 12.7. The van der Waals surface area contributed by atoms with E-state index in [1.165, 1.54) is 23.5 Å². The Morgan fingerprint density at radius 1 is 1.20 bits per heavy atom. The van der Waals surface area contributed by atoms with Gasteiger partial charge < -0.3 is 19.4 Å². The number of hydrogen-bond donors (Lipinski definition) is 1. The van der Waals surface area contributed by atoms with Crippen molar-refractivity contribution in [1.29, 1.82) is 0 Å². The number of anilines is 2. The molecule has 156 valence electrons. The van der Waals surface area contributed by atoms with E-state index < -0.39 is 0 Å². The molecule has 4 rings (SSSR count). The highest BCUT2D eigenvalue weighted by molar-refractivity contribution is 7.99. The summed E-state index contributed by atoms with van der Waals surface area (Å²) in [5, 5.41) is 3.76. The molecule has 0 aliphatic carbocycles. The van der Waals surface area contributed by atoms with Gasteiger partial charge >= 0.3 is 0 Å². The number of furan rings is 1. The molecular weight excluding hydrogens is 420 g/mol. The predicted octanol–water partition coefficient (Wildman–Crippen LogP) is 5.47. The van der Waals surface area contributed by atoms with Crippen molar-refractivity contribution < 1.29 is 13.9 Å². The Morgan fingerprint density at radius 2 is 2.03 bits per heavy atom. The summed E-state index contributed by atoms with van der Waals surface area (Å²) in [6, 6.07) is 14.7. The van der Waals surface area contributed by atoms with Crippen LogP contribution in [0.1, 0.15) is 21.7 Å². The molecule has 0 bridgehead atoms. The van der Waals surface area contributed by atoms with E-state index in [0.29, 0.717) is 16.3 Å². The third-order valence-corrected chi connectivity index (χ3v) is 6.19. The first kappa shape index (κ1) is 20.7. The third kappa shape index (κ3) is 4.77. The van der Waals surface area contributed by atoms with Crippen LogP contribution in [0, 0.1) is 6.92 Å². The van der Waals surface area contributed by atoms with Crippen LogP contribution in [0.3, 0.4) is 0 Å². The number of benzene rings is 2. The Kier molecular flexibility index (Phi) is 6.55. The van der Waals surface area contributed by atoms with Gasteiger partial charge in [0.05, 0.1) is 11.8 Å². The first-order chi connectivity index (χ1) is 14.6. The normalized spacial score (nSPS) is 13.9. The van der Waals surface area contributed by atoms with Crippen molar-refractivity contribution >= 4 is 40.5 Å². The quantitative estimate of drug-likeness (QED) is 0.386. The number of nitrogens with zero attached hydrogens (tertiary/aromatic N) is 1. The number of rotatable bonds is 7. The molecule has 1 saturated heterocycles. The predicted molar refractivity (Wildman–Crippen MR) is 123 cm³/mol. The number of halogens is 1. The van der Waals surface area contributed by atoms with Crippen LogP contribution in [-0.2, 0) is 0 Å². The average Bonchev–Trinajstić information content (AvgIpc) is 3.31. The van der Waals surface area contributed by atoms with Crippen LogP contribution in [0.2, 0.25) is 5.02 Å². The van der Waals surface area contributed by atoms with Crippen molar-refractivity contribution in [2.24, 2.45) is 0 Å². The molecule has 0 saturated carbocycles. The Bertz CT molecular complexity index is 1020. The molecule has 1 aliphatic heterocycles. The smallest absolute Gasteiger partial charge is 0.231 e. The molecular formula is C23H23ClN2O3S. The number of hydrogen-bond acceptors (Lipinski definition) is 6. The van der Waals surface area contributed by atoms with Crippen molar-refractivity contribution in [1.82, 2.24) is 0 Å². The number of thioether (sulfide) groups is 1. The summed E-state index contributed by atoms with van der Waals surface area (Å²) in [4.78, 5) is 15.1. The number of aryl methyl sites for hydroxylation is 1. The first-order valence-electron chi connectivity index (χ1n) is 9.79. The fourth-order valence-electron chi connectivity index (χ4n) is 3.40. The summed E-state index contributed by atoms with van der Waals surface area (Å²) in [6.07, 6.45) is 1.47. The summed E-state index contributed by atoms with van der Waals surface area (Å²) in [5.41, 5.74) is 3.77. The van der Waals surface area contributed by atoms with Crippen LogP contribution in [0.25, 0.3) is 0 Å². The van der Waals surface area contributed by atoms with Crippen molar-refractivity contribution in [3.63, 3.8) is 0 Å². The highest BCUT2D eigenvalue weighted by atomic mass is 35.5. The van der Waals surface area contributed by atoms with Gasteiger partial charge in [0.25, 0.3) is 0 Å². The minimum atomic E-state index is -0.266. The van der Waals surface area contributed by atoms with E-state index in [9.17, 15) is 4.79 Å². The second kappa shape index (κ2) is 9.49. The Labute approximate surface area is 185 Å². The van der Waals surface area contributed by atoms with Crippen LogP contribution < -0.4 is 15.0 Å². The summed E-state index contributed by atoms with van der Waals surface area (Å²) in [5.74, 6) is 2.78. The monoisotopic (exact) mass is 442 g/mol. The molecule has 1 fully saturated rings. The molecule has 30 heavy (non-hydrogen) atoms. The van der Waals surface area contributed by atoms with Crippen molar-refractivity contribution in [2.45, 2.75) is 6.92 Å². The van der Waals surface area contributed by atoms with Gasteiger partial charge in [-0.15, -0.1) is 0 Å². The molecule has 0 amide bonds. The van der Waals surface area contributed by atoms with Gasteiger partial charge in [0.2, 0.25) is 5.78 Å². The second-order valence-electron chi connectivity index (χ2n) is 7.01. The van der Waals surface area contributed by atoms with E-state index in [-0.39, 0.29) is 18.3 Å². The maximum Gasteiger partial charge on any atom is 0.231 e. The fraction of sp³-hybridized carbons (Fsp3) is 0.261. The van der Waals surface area contributed by atoms with Crippen LogP contribution in [0.5, 0.6) is 5.75 Å². The minimum Gasteiger partial charge on any atom is -0.473 e. The summed E-state index contributed by atoms with van der Waals surface area (Å²) >= 11 is 8.10. The molecule has 0 unspecified atom stereocenters. The first-order valence-corrected chi connectivity index (χ1v) is 11.3. The Hall–Kier alpha value is -2.57. The SMILES string of the molecule is Cc1cc(N2CCSCC2)ccc1NCOc1ccc(Cl)cc1C(=O)c1ccco1. The summed E-state index contributed by atoms with van der Waals surface area (Å²) in [6.45, 7) is 4.48. The van der Waals surface area contributed by atoms with Crippen molar-refractivity contribution in [3.8, 4) is 5.75 Å². The number of ether oxygens (including phenoxy) is 1. The van der Waals surface area contributed by atoms with Crippen LogP contribution in [0.4, 0.5) is 11.4 Å². The highest BCUT2D eigenvalue weighted by Crippen LogP contribution is 2.27. The largest absolute Gasteiger partial charge is 0.473 e. The van der Waals surface area contributed by atoms with Gasteiger partial charge in [0.1, 0.15) is 5.75 Å². The molecule has 7 heteroatoms. The molecule has 1 aromatic heterocycles. The standard InChI is InChI=1S/C23H23ClN2O3S/c1-16-13-18(26-8-11-30-12-9-26)5-6-20(16)25-15-29-21-7-4-17(24)14-19(21)23(27)22-3-2-10-28-22/h2-7,10,13-14,25H,8-9,11-12,15H2,1H3. The molecule has 2 heterocycles. The summed E-state index contributed by atoms with van der Waals surface area (Å²) in [7, 11) is 0. The second-order valence-corrected chi connectivity index (χ2v) is 8.67. The van der Waals surface area contributed by atoms with E-state index in [2.05, 4.69) is 35.3 Å². The van der Waals surface area contributed by atoms with E-state index in [0.717, 1.165) is 24.3 Å². The lowest BCUT2D eigenvalue weighted by molar-refractivity contribution is 0.101. The van der Waals surface area contributed by atoms with Crippen LogP contribution >= 0.6 is 23.4 Å². The van der Waals surface area contributed by atoms with E-state index in [1.807, 2.05) is 11.8 Å². The van der Waals surface area contributed by atoms with Gasteiger partial charge in [-0.25, -0.2) is 0 Å². The Balaban J connectivity index is 1.42. The third-order valence-electron chi connectivity index (χ3n) is 5.01. The molecule has 0 atom stereocenters. The van der Waals surface area contributed by atoms with E-state index in [4.69, 9.17) is 20.8 Å². The van der Waals surface area contributed by atoms with Crippen molar-refractivity contribution in [2.75, 3.05) is 41.5 Å².